The lowest BCUT2D eigenvalue weighted by Gasteiger charge is -2.42. The van der Waals surface area contributed by atoms with Crippen LogP contribution in [0, 0.1) is 21.4 Å². The van der Waals surface area contributed by atoms with Crippen molar-refractivity contribution in [3.8, 4) is 11.8 Å². The Morgan fingerprint density at radius 1 is 1.55 bits per heavy atom. The van der Waals surface area contributed by atoms with Crippen LogP contribution in [0.15, 0.2) is 12.1 Å². The van der Waals surface area contributed by atoms with Gasteiger partial charge in [0.1, 0.15) is 29.1 Å². The predicted molar refractivity (Wildman–Crippen MR) is 75.1 cm³/mol. The molecule has 0 saturated heterocycles. The molecule has 2 atom stereocenters. The third-order valence-corrected chi connectivity index (χ3v) is 3.54. The number of fused-ring (bicyclic) bond motifs is 1. The number of benzene rings is 1. The summed E-state index contributed by atoms with van der Waals surface area (Å²) in [5.74, 6) is -0.204. The first kappa shape index (κ1) is 15.7. The van der Waals surface area contributed by atoms with E-state index < -0.39 is 22.7 Å². The Kier molecular flexibility index (Phi) is 3.77. The molecule has 8 heteroatoms. The number of ether oxygens (including phenoxy) is 1. The van der Waals surface area contributed by atoms with E-state index in [1.165, 1.54) is 13.0 Å². The molecule has 116 valence electrons. The number of nitrogens with one attached hydrogen (secondary N) is 1. The fraction of sp³-hybridized carbons (Fsp3) is 0.429. The van der Waals surface area contributed by atoms with Gasteiger partial charge in [-0.2, -0.15) is 5.26 Å². The summed E-state index contributed by atoms with van der Waals surface area (Å²) in [7, 11) is 0. The van der Waals surface area contributed by atoms with E-state index in [1.807, 2.05) is 0 Å². The first-order chi connectivity index (χ1) is 10.2. The van der Waals surface area contributed by atoms with Gasteiger partial charge in [0.2, 0.25) is 5.91 Å². The summed E-state index contributed by atoms with van der Waals surface area (Å²) in [5.41, 5.74) is -1.25. The number of carbonyl (C=O) groups is 1. The summed E-state index contributed by atoms with van der Waals surface area (Å²) in [4.78, 5) is 21.7. The largest absolute Gasteiger partial charge is 0.484 e. The van der Waals surface area contributed by atoms with Gasteiger partial charge in [-0.3, -0.25) is 14.9 Å². The highest BCUT2D eigenvalue weighted by Gasteiger charge is 2.44. The molecule has 1 aliphatic rings. The zero-order valence-corrected chi connectivity index (χ0v) is 12.3. The molecule has 22 heavy (non-hydrogen) atoms. The van der Waals surface area contributed by atoms with Crippen molar-refractivity contribution in [1.82, 2.24) is 5.32 Å². The number of aliphatic hydroxyl groups excluding tert-OH is 1. The highest BCUT2D eigenvalue weighted by Crippen LogP contribution is 2.42. The highest BCUT2D eigenvalue weighted by molar-refractivity contribution is 5.74. The van der Waals surface area contributed by atoms with Gasteiger partial charge in [0.25, 0.3) is 5.69 Å². The topological polar surface area (TPSA) is 125 Å². The molecule has 0 aromatic heterocycles. The van der Waals surface area contributed by atoms with Crippen LogP contribution in [0.4, 0.5) is 5.69 Å². The molecule has 1 aromatic carbocycles. The summed E-state index contributed by atoms with van der Waals surface area (Å²) in [6.07, 6.45) is -1.07. The average molecular weight is 305 g/mol. The number of nitriles is 1. The van der Waals surface area contributed by atoms with Crippen LogP contribution >= 0.6 is 0 Å². The average Bonchev–Trinajstić information content (AvgIpc) is 2.42. The molecule has 1 amide bonds. The maximum Gasteiger partial charge on any atom is 0.290 e. The Labute approximate surface area is 126 Å². The second-order valence-corrected chi connectivity index (χ2v) is 5.60. The number of carbonyl (C=O) groups excluding carboxylic acids is 1. The molecule has 2 rings (SSSR count). The minimum atomic E-state index is -1.07. The zero-order valence-electron chi connectivity index (χ0n) is 12.3. The van der Waals surface area contributed by atoms with Crippen LogP contribution < -0.4 is 10.1 Å². The van der Waals surface area contributed by atoms with Gasteiger partial charge >= 0.3 is 0 Å². The van der Waals surface area contributed by atoms with E-state index >= 15 is 0 Å². The maximum absolute atomic E-state index is 11.4. The second kappa shape index (κ2) is 5.27. The first-order valence-corrected chi connectivity index (χ1v) is 6.54. The molecule has 0 radical (unpaired) electrons. The smallest absolute Gasteiger partial charge is 0.290 e. The van der Waals surface area contributed by atoms with Crippen molar-refractivity contribution in [3.05, 3.63) is 33.4 Å². The SMILES string of the molecule is CC(=O)NC1c2cc(C#N)c([N+](=O)[O-])cc2OC(C)(C)[C@H]1O. The van der Waals surface area contributed by atoms with Gasteiger partial charge in [0.15, 0.2) is 0 Å². The number of nitro benzene ring substituents is 1. The molecule has 8 nitrogen and oxygen atoms in total. The van der Waals surface area contributed by atoms with Crippen LogP contribution in [-0.4, -0.2) is 27.6 Å². The number of hydrogen-bond donors (Lipinski definition) is 2. The Balaban J connectivity index is 2.65. The molecule has 0 fully saturated rings. The second-order valence-electron chi connectivity index (χ2n) is 5.60. The van der Waals surface area contributed by atoms with Crippen LogP contribution in [0.25, 0.3) is 0 Å². The quantitative estimate of drug-likeness (QED) is 0.624. The lowest BCUT2D eigenvalue weighted by Crippen LogP contribution is -2.53. The number of nitro groups is 1. The summed E-state index contributed by atoms with van der Waals surface area (Å²) in [6, 6.07) is 3.35. The van der Waals surface area contributed by atoms with Gasteiger partial charge < -0.3 is 15.2 Å². The summed E-state index contributed by atoms with van der Waals surface area (Å²) in [6.45, 7) is 4.52. The molecule has 2 N–H and O–H groups in total. The van der Waals surface area contributed by atoms with Crippen molar-refractivity contribution in [2.45, 2.75) is 38.5 Å². The standard InChI is InChI=1S/C14H15N3O5/c1-7(18)16-12-9-4-8(6-15)10(17(20)21)5-11(9)22-14(2,3)13(12)19/h4-5,12-13,19H,1-3H3,(H,16,18)/t12?,13-/m0/s1. The Morgan fingerprint density at radius 3 is 2.68 bits per heavy atom. The van der Waals surface area contributed by atoms with E-state index in [2.05, 4.69) is 5.32 Å². The van der Waals surface area contributed by atoms with Crippen LogP contribution in [-0.2, 0) is 4.79 Å². The minimum Gasteiger partial charge on any atom is -0.484 e. The zero-order chi connectivity index (χ0) is 16.7. The van der Waals surface area contributed by atoms with E-state index in [1.54, 1.807) is 19.9 Å². The van der Waals surface area contributed by atoms with Crippen LogP contribution in [0.2, 0.25) is 0 Å². The third-order valence-electron chi connectivity index (χ3n) is 3.54. The van der Waals surface area contributed by atoms with Crippen molar-refractivity contribution < 1.29 is 19.6 Å². The summed E-state index contributed by atoms with van der Waals surface area (Å²) in [5, 5.41) is 33.1. The Hall–Kier alpha value is -2.66. The number of amides is 1. The molecule has 0 saturated carbocycles. The maximum atomic E-state index is 11.4. The minimum absolute atomic E-state index is 0.158. The monoisotopic (exact) mass is 305 g/mol. The molecule has 1 heterocycles. The van der Waals surface area contributed by atoms with Crippen LogP contribution in [0.3, 0.4) is 0 Å². The normalized spacial score (nSPS) is 22.0. The molecule has 0 spiro atoms. The molecule has 1 aromatic rings. The van der Waals surface area contributed by atoms with E-state index in [9.17, 15) is 20.0 Å². The Morgan fingerprint density at radius 2 is 2.18 bits per heavy atom. The molecule has 0 bridgehead atoms. The van der Waals surface area contributed by atoms with E-state index in [0.717, 1.165) is 6.07 Å². The summed E-state index contributed by atoms with van der Waals surface area (Å²) < 4.78 is 5.62. The van der Waals surface area contributed by atoms with Gasteiger partial charge in [-0.05, 0) is 19.9 Å². The van der Waals surface area contributed by atoms with Crippen molar-refractivity contribution in [2.75, 3.05) is 0 Å². The van der Waals surface area contributed by atoms with Gasteiger partial charge in [-0.1, -0.05) is 0 Å². The first-order valence-electron chi connectivity index (χ1n) is 6.54. The predicted octanol–water partition coefficient (Wildman–Crippen LogP) is 1.18. The van der Waals surface area contributed by atoms with Crippen molar-refractivity contribution in [1.29, 1.82) is 5.26 Å². The van der Waals surface area contributed by atoms with E-state index in [-0.39, 0.29) is 22.9 Å². The van der Waals surface area contributed by atoms with E-state index in [0.29, 0.717) is 5.56 Å². The molecule has 0 aliphatic carbocycles. The van der Waals surface area contributed by atoms with Gasteiger partial charge in [-0.15, -0.1) is 0 Å². The number of rotatable bonds is 2. The van der Waals surface area contributed by atoms with Crippen molar-refractivity contribution in [2.24, 2.45) is 0 Å². The lowest BCUT2D eigenvalue weighted by atomic mass is 9.85. The highest BCUT2D eigenvalue weighted by atomic mass is 16.6. The van der Waals surface area contributed by atoms with Crippen LogP contribution in [0.5, 0.6) is 5.75 Å². The van der Waals surface area contributed by atoms with Gasteiger partial charge in [-0.25, -0.2) is 0 Å². The van der Waals surface area contributed by atoms with Crippen molar-refractivity contribution >= 4 is 11.6 Å². The number of nitrogens with zero attached hydrogens (tertiary/aromatic N) is 2. The third kappa shape index (κ3) is 2.58. The molecule has 1 unspecified atom stereocenters. The number of aliphatic hydroxyl groups is 1. The summed E-state index contributed by atoms with van der Waals surface area (Å²) >= 11 is 0. The lowest BCUT2D eigenvalue weighted by molar-refractivity contribution is -0.385. The fourth-order valence-electron chi connectivity index (χ4n) is 2.45. The molecular formula is C14H15N3O5. The van der Waals surface area contributed by atoms with Crippen molar-refractivity contribution in [3.63, 3.8) is 0 Å². The molecular weight excluding hydrogens is 290 g/mol. The van der Waals surface area contributed by atoms with Crippen LogP contribution in [0.1, 0.15) is 37.9 Å². The Bertz CT molecular complexity index is 692. The van der Waals surface area contributed by atoms with Gasteiger partial charge in [0, 0.05) is 12.5 Å². The van der Waals surface area contributed by atoms with Gasteiger partial charge in [0.05, 0.1) is 17.0 Å². The van der Waals surface area contributed by atoms with E-state index in [4.69, 9.17) is 10.00 Å². The number of hydrogen-bond acceptors (Lipinski definition) is 6. The fourth-order valence-corrected chi connectivity index (χ4v) is 2.45. The molecule has 1 aliphatic heterocycles.